The average Bonchev–Trinajstić information content (AvgIpc) is 2.54. The number of nitrogens with zero attached hydrogens (tertiary/aromatic N) is 2. The van der Waals surface area contributed by atoms with Crippen LogP contribution in [0.4, 0.5) is 0 Å². The van der Waals surface area contributed by atoms with Crippen molar-refractivity contribution in [1.29, 1.82) is 0 Å². The van der Waals surface area contributed by atoms with Crippen LogP contribution in [0.2, 0.25) is 0 Å². The van der Waals surface area contributed by atoms with Gasteiger partial charge in [-0.25, -0.2) is 4.98 Å². The van der Waals surface area contributed by atoms with Gasteiger partial charge in [-0.2, -0.15) is 0 Å². The van der Waals surface area contributed by atoms with Crippen LogP contribution in [0.5, 0.6) is 0 Å². The molecule has 1 rings (SSSR count). The molecule has 0 fully saturated rings. The average molecular weight is 255 g/mol. The number of nitrogens with one attached hydrogen (secondary N) is 1. The van der Waals surface area contributed by atoms with Crippen molar-refractivity contribution >= 4 is 11.3 Å². The molecule has 0 bridgehead atoms. The first-order chi connectivity index (χ1) is 8.02. The van der Waals surface area contributed by atoms with Crippen LogP contribution in [-0.4, -0.2) is 43.1 Å². The summed E-state index contributed by atoms with van der Waals surface area (Å²) in [6.45, 7) is 8.60. The summed E-state index contributed by atoms with van der Waals surface area (Å²) in [7, 11) is 4.25. The second-order valence-corrected chi connectivity index (χ2v) is 6.15. The van der Waals surface area contributed by atoms with E-state index in [0.717, 1.165) is 19.5 Å². The number of aromatic nitrogens is 1. The van der Waals surface area contributed by atoms with Gasteiger partial charge in [-0.15, -0.1) is 11.3 Å². The molecule has 0 aliphatic rings. The lowest BCUT2D eigenvalue weighted by Crippen LogP contribution is -2.40. The molecule has 0 aliphatic heterocycles. The predicted molar refractivity (Wildman–Crippen MR) is 75.9 cm³/mol. The molecule has 0 saturated heterocycles. The minimum Gasteiger partial charge on any atom is -0.312 e. The van der Waals surface area contributed by atoms with E-state index in [-0.39, 0.29) is 0 Å². The van der Waals surface area contributed by atoms with E-state index < -0.39 is 0 Å². The highest BCUT2D eigenvalue weighted by atomic mass is 32.1. The minimum absolute atomic E-state index is 0.509. The van der Waals surface area contributed by atoms with Crippen molar-refractivity contribution in [2.45, 2.75) is 39.7 Å². The van der Waals surface area contributed by atoms with Crippen LogP contribution in [-0.2, 0) is 6.42 Å². The highest BCUT2D eigenvalue weighted by Crippen LogP contribution is 2.17. The van der Waals surface area contributed by atoms with E-state index in [0.29, 0.717) is 6.04 Å². The summed E-state index contributed by atoms with van der Waals surface area (Å²) in [6.07, 6.45) is 2.22. The normalized spacial score (nSPS) is 13.3. The van der Waals surface area contributed by atoms with Gasteiger partial charge in [0.1, 0.15) is 0 Å². The van der Waals surface area contributed by atoms with Gasteiger partial charge >= 0.3 is 0 Å². The molecule has 0 amide bonds. The quantitative estimate of drug-likeness (QED) is 0.810. The number of rotatable bonds is 7. The molecule has 1 aromatic heterocycles. The van der Waals surface area contributed by atoms with Crippen LogP contribution in [0.25, 0.3) is 0 Å². The minimum atomic E-state index is 0.509. The molecule has 0 radical (unpaired) electrons. The lowest BCUT2D eigenvalue weighted by molar-refractivity contribution is 0.336. The Kier molecular flexibility index (Phi) is 6.09. The molecule has 3 nitrogen and oxygen atoms in total. The predicted octanol–water partition coefficient (Wildman–Crippen LogP) is 2.23. The summed E-state index contributed by atoms with van der Waals surface area (Å²) in [4.78, 5) is 8.21. The van der Waals surface area contributed by atoms with Crippen LogP contribution in [0.1, 0.15) is 28.9 Å². The lowest BCUT2D eigenvalue weighted by Gasteiger charge is -2.21. The molecule has 0 aliphatic carbocycles. The maximum absolute atomic E-state index is 4.63. The summed E-state index contributed by atoms with van der Waals surface area (Å²) in [6, 6.07) is 0.509. The molecule has 1 aromatic rings. The van der Waals surface area contributed by atoms with E-state index in [9.17, 15) is 0 Å². The van der Waals surface area contributed by atoms with Crippen LogP contribution >= 0.6 is 11.3 Å². The standard InChI is InChI=1S/C13H25N3S/c1-6-7-14-12(9-16(4)5)8-13-15-10(2)11(3)17-13/h12,14H,6-9H2,1-5H3. The number of thiazole rings is 1. The third-order valence-corrected chi connectivity index (χ3v) is 3.86. The summed E-state index contributed by atoms with van der Waals surface area (Å²) >= 11 is 1.83. The van der Waals surface area contributed by atoms with Crippen molar-refractivity contribution in [3.05, 3.63) is 15.6 Å². The van der Waals surface area contributed by atoms with Crippen molar-refractivity contribution < 1.29 is 0 Å². The van der Waals surface area contributed by atoms with Crippen molar-refractivity contribution in [2.75, 3.05) is 27.2 Å². The zero-order chi connectivity index (χ0) is 12.8. The van der Waals surface area contributed by atoms with E-state index >= 15 is 0 Å². The van der Waals surface area contributed by atoms with Gasteiger partial charge in [-0.1, -0.05) is 6.92 Å². The van der Waals surface area contributed by atoms with Gasteiger partial charge in [0.05, 0.1) is 10.7 Å². The third kappa shape index (κ3) is 5.15. The van der Waals surface area contributed by atoms with Crippen LogP contribution < -0.4 is 5.32 Å². The number of likely N-dealkylation sites (N-methyl/N-ethyl adjacent to an activating group) is 1. The van der Waals surface area contributed by atoms with Crippen molar-refractivity contribution in [1.82, 2.24) is 15.2 Å². The number of hydrogen-bond donors (Lipinski definition) is 1. The summed E-state index contributed by atoms with van der Waals surface area (Å²) in [5.74, 6) is 0. The zero-order valence-electron chi connectivity index (χ0n) is 11.7. The van der Waals surface area contributed by atoms with Crippen LogP contribution in [0.15, 0.2) is 0 Å². The van der Waals surface area contributed by atoms with Gasteiger partial charge in [-0.05, 0) is 40.9 Å². The first-order valence-corrected chi connectivity index (χ1v) is 7.15. The van der Waals surface area contributed by atoms with E-state index in [2.05, 4.69) is 50.1 Å². The fourth-order valence-corrected chi connectivity index (χ4v) is 2.84. The second kappa shape index (κ2) is 7.09. The third-order valence-electron chi connectivity index (χ3n) is 2.76. The first kappa shape index (κ1) is 14.6. The van der Waals surface area contributed by atoms with Gasteiger partial charge < -0.3 is 10.2 Å². The van der Waals surface area contributed by atoms with Gasteiger partial charge in [-0.3, -0.25) is 0 Å². The molecular weight excluding hydrogens is 230 g/mol. The zero-order valence-corrected chi connectivity index (χ0v) is 12.5. The monoisotopic (exact) mass is 255 g/mol. The summed E-state index contributed by atoms with van der Waals surface area (Å²) in [5.41, 5.74) is 1.18. The summed E-state index contributed by atoms with van der Waals surface area (Å²) < 4.78 is 0. The Labute approximate surface area is 109 Å². The highest BCUT2D eigenvalue weighted by Gasteiger charge is 2.13. The Balaban J connectivity index is 2.57. The SMILES string of the molecule is CCCNC(Cc1nc(C)c(C)s1)CN(C)C. The summed E-state index contributed by atoms with van der Waals surface area (Å²) in [5, 5.41) is 4.86. The molecule has 4 heteroatoms. The molecule has 1 unspecified atom stereocenters. The van der Waals surface area contributed by atoms with Crippen molar-refractivity contribution in [2.24, 2.45) is 0 Å². The molecule has 1 atom stereocenters. The fraction of sp³-hybridized carbons (Fsp3) is 0.769. The first-order valence-electron chi connectivity index (χ1n) is 6.34. The number of aryl methyl sites for hydroxylation is 2. The Morgan fingerprint density at radius 2 is 2.06 bits per heavy atom. The largest absolute Gasteiger partial charge is 0.312 e. The Hall–Kier alpha value is -0.450. The van der Waals surface area contributed by atoms with Crippen LogP contribution in [0.3, 0.4) is 0 Å². The molecule has 0 saturated carbocycles. The number of hydrogen-bond acceptors (Lipinski definition) is 4. The highest BCUT2D eigenvalue weighted by molar-refractivity contribution is 7.11. The molecule has 98 valence electrons. The topological polar surface area (TPSA) is 28.2 Å². The Morgan fingerprint density at radius 1 is 1.35 bits per heavy atom. The maximum atomic E-state index is 4.63. The lowest BCUT2D eigenvalue weighted by atomic mass is 10.2. The second-order valence-electron chi connectivity index (χ2n) is 4.87. The Morgan fingerprint density at radius 3 is 2.53 bits per heavy atom. The van der Waals surface area contributed by atoms with E-state index in [1.54, 1.807) is 0 Å². The maximum Gasteiger partial charge on any atom is 0.0946 e. The van der Waals surface area contributed by atoms with Crippen molar-refractivity contribution in [3.63, 3.8) is 0 Å². The molecule has 1 heterocycles. The fourth-order valence-electron chi connectivity index (χ4n) is 1.83. The molecule has 1 N–H and O–H groups in total. The van der Waals surface area contributed by atoms with E-state index in [1.807, 2.05) is 11.3 Å². The molecule has 17 heavy (non-hydrogen) atoms. The smallest absolute Gasteiger partial charge is 0.0946 e. The molecular formula is C13H25N3S. The van der Waals surface area contributed by atoms with Gasteiger partial charge in [0.15, 0.2) is 0 Å². The van der Waals surface area contributed by atoms with E-state index in [4.69, 9.17) is 0 Å². The Bertz CT molecular complexity index is 314. The van der Waals surface area contributed by atoms with Gasteiger partial charge in [0, 0.05) is 23.9 Å². The van der Waals surface area contributed by atoms with Gasteiger partial charge in [0.25, 0.3) is 0 Å². The van der Waals surface area contributed by atoms with Crippen LogP contribution in [0, 0.1) is 13.8 Å². The van der Waals surface area contributed by atoms with E-state index in [1.165, 1.54) is 22.0 Å². The molecule has 0 spiro atoms. The van der Waals surface area contributed by atoms with Crippen molar-refractivity contribution in [3.8, 4) is 0 Å². The molecule has 0 aromatic carbocycles. The van der Waals surface area contributed by atoms with Gasteiger partial charge in [0.2, 0.25) is 0 Å².